The Morgan fingerprint density at radius 2 is 2.46 bits per heavy atom. The van der Waals surface area contributed by atoms with Crippen molar-refractivity contribution in [3.05, 3.63) is 11.8 Å². The van der Waals surface area contributed by atoms with E-state index in [4.69, 9.17) is 14.0 Å². The van der Waals surface area contributed by atoms with E-state index in [2.05, 4.69) is 5.16 Å². The third-order valence-corrected chi connectivity index (χ3v) is 1.37. The lowest BCUT2D eigenvalue weighted by Crippen LogP contribution is -2.06. The van der Waals surface area contributed by atoms with Crippen LogP contribution in [0.5, 0.6) is 5.88 Å². The molecule has 0 N–H and O–H groups in total. The Morgan fingerprint density at radius 1 is 1.69 bits per heavy atom. The molecular formula is C8H11NO4. The monoisotopic (exact) mass is 185 g/mol. The van der Waals surface area contributed by atoms with E-state index < -0.39 is 0 Å². The van der Waals surface area contributed by atoms with Crippen molar-refractivity contribution in [2.24, 2.45) is 0 Å². The SMILES string of the molecule is CCOC(=O)Cc1cc(OC)no1. The highest BCUT2D eigenvalue weighted by Crippen LogP contribution is 2.11. The van der Waals surface area contributed by atoms with Crippen molar-refractivity contribution in [3.8, 4) is 5.88 Å². The summed E-state index contributed by atoms with van der Waals surface area (Å²) in [5.41, 5.74) is 0. The molecule has 0 aliphatic rings. The molecule has 13 heavy (non-hydrogen) atoms. The number of rotatable bonds is 4. The molecule has 0 atom stereocenters. The van der Waals surface area contributed by atoms with Crippen LogP contribution in [0.15, 0.2) is 10.6 Å². The minimum Gasteiger partial charge on any atom is -0.479 e. The van der Waals surface area contributed by atoms with Gasteiger partial charge in [0.05, 0.1) is 13.7 Å². The Labute approximate surface area is 75.6 Å². The van der Waals surface area contributed by atoms with E-state index in [9.17, 15) is 4.79 Å². The molecule has 0 saturated heterocycles. The Kier molecular flexibility index (Phi) is 3.31. The minimum atomic E-state index is -0.332. The van der Waals surface area contributed by atoms with Crippen LogP contribution in [0.4, 0.5) is 0 Å². The Balaban J connectivity index is 2.49. The van der Waals surface area contributed by atoms with Gasteiger partial charge in [0.1, 0.15) is 6.42 Å². The zero-order valence-corrected chi connectivity index (χ0v) is 7.57. The first-order chi connectivity index (χ1) is 6.26. The number of carbonyl (C=O) groups is 1. The summed E-state index contributed by atoms with van der Waals surface area (Å²) >= 11 is 0. The summed E-state index contributed by atoms with van der Waals surface area (Å²) in [5.74, 6) is 0.468. The van der Waals surface area contributed by atoms with E-state index >= 15 is 0 Å². The first-order valence-corrected chi connectivity index (χ1v) is 3.91. The number of aromatic nitrogens is 1. The highest BCUT2D eigenvalue weighted by Gasteiger charge is 2.09. The van der Waals surface area contributed by atoms with Gasteiger partial charge in [0.2, 0.25) is 0 Å². The molecule has 0 spiro atoms. The van der Waals surface area contributed by atoms with E-state index in [1.54, 1.807) is 13.0 Å². The van der Waals surface area contributed by atoms with Crippen molar-refractivity contribution in [1.82, 2.24) is 5.16 Å². The zero-order valence-electron chi connectivity index (χ0n) is 7.57. The van der Waals surface area contributed by atoms with Gasteiger partial charge < -0.3 is 14.0 Å². The van der Waals surface area contributed by atoms with Gasteiger partial charge in [0.25, 0.3) is 5.88 Å². The second kappa shape index (κ2) is 4.49. The molecule has 0 aromatic carbocycles. The number of ether oxygens (including phenoxy) is 2. The molecule has 1 aromatic rings. The van der Waals surface area contributed by atoms with Crippen LogP contribution in [0.1, 0.15) is 12.7 Å². The van der Waals surface area contributed by atoms with Crippen LogP contribution in [0, 0.1) is 0 Å². The van der Waals surface area contributed by atoms with Gasteiger partial charge in [-0.3, -0.25) is 4.79 Å². The molecule has 0 unspecified atom stereocenters. The van der Waals surface area contributed by atoms with E-state index in [1.165, 1.54) is 7.11 Å². The summed E-state index contributed by atoms with van der Waals surface area (Å²) in [7, 11) is 1.48. The maximum absolute atomic E-state index is 11.0. The zero-order chi connectivity index (χ0) is 9.68. The van der Waals surface area contributed by atoms with Crippen LogP contribution in [0.3, 0.4) is 0 Å². The van der Waals surface area contributed by atoms with Gasteiger partial charge in [0, 0.05) is 6.07 Å². The van der Waals surface area contributed by atoms with Crippen molar-refractivity contribution in [2.75, 3.05) is 13.7 Å². The van der Waals surface area contributed by atoms with Crippen molar-refractivity contribution in [2.45, 2.75) is 13.3 Å². The molecule has 5 heteroatoms. The number of carbonyl (C=O) groups excluding carboxylic acids is 1. The summed E-state index contributed by atoms with van der Waals surface area (Å²) in [6.45, 7) is 2.11. The average Bonchev–Trinajstić information content (AvgIpc) is 2.52. The molecule has 0 amide bonds. The van der Waals surface area contributed by atoms with Crippen molar-refractivity contribution < 1.29 is 18.8 Å². The van der Waals surface area contributed by atoms with Crippen LogP contribution in [-0.2, 0) is 16.0 Å². The van der Waals surface area contributed by atoms with Crippen molar-refractivity contribution in [3.63, 3.8) is 0 Å². The summed E-state index contributed by atoms with van der Waals surface area (Å²) in [6.07, 6.45) is 0.0875. The van der Waals surface area contributed by atoms with Crippen LogP contribution in [0.2, 0.25) is 0 Å². The Hall–Kier alpha value is -1.52. The number of esters is 1. The second-order valence-electron chi connectivity index (χ2n) is 2.32. The maximum atomic E-state index is 11.0. The van der Waals surface area contributed by atoms with E-state index in [-0.39, 0.29) is 12.4 Å². The predicted molar refractivity (Wildman–Crippen MR) is 43.4 cm³/mol. The lowest BCUT2D eigenvalue weighted by Gasteiger charge is -1.96. The lowest BCUT2D eigenvalue weighted by molar-refractivity contribution is -0.142. The molecule has 72 valence electrons. The molecule has 0 radical (unpaired) electrons. The first kappa shape index (κ1) is 9.57. The largest absolute Gasteiger partial charge is 0.479 e. The fourth-order valence-corrected chi connectivity index (χ4v) is 0.828. The van der Waals surface area contributed by atoms with Gasteiger partial charge in [-0.2, -0.15) is 0 Å². The van der Waals surface area contributed by atoms with Gasteiger partial charge in [-0.15, -0.1) is 0 Å². The fraction of sp³-hybridized carbons (Fsp3) is 0.500. The molecule has 1 rings (SSSR count). The summed E-state index contributed by atoms with van der Waals surface area (Å²) in [5, 5.41) is 3.54. The molecular weight excluding hydrogens is 174 g/mol. The third-order valence-electron chi connectivity index (χ3n) is 1.37. The quantitative estimate of drug-likeness (QED) is 0.649. The van der Waals surface area contributed by atoms with Crippen molar-refractivity contribution >= 4 is 5.97 Å². The maximum Gasteiger partial charge on any atom is 0.313 e. The highest BCUT2D eigenvalue weighted by atomic mass is 16.5. The van der Waals surface area contributed by atoms with Gasteiger partial charge in [-0.1, -0.05) is 0 Å². The Morgan fingerprint density at radius 3 is 3.00 bits per heavy atom. The second-order valence-corrected chi connectivity index (χ2v) is 2.32. The number of nitrogens with zero attached hydrogens (tertiary/aromatic N) is 1. The summed E-state index contributed by atoms with van der Waals surface area (Å²) < 4.78 is 14.3. The van der Waals surface area contributed by atoms with Crippen molar-refractivity contribution in [1.29, 1.82) is 0 Å². The van der Waals surface area contributed by atoms with Crippen LogP contribution < -0.4 is 4.74 Å². The van der Waals surface area contributed by atoms with Gasteiger partial charge >= 0.3 is 5.97 Å². The number of hydrogen-bond acceptors (Lipinski definition) is 5. The molecule has 0 aliphatic carbocycles. The number of hydrogen-bond donors (Lipinski definition) is 0. The molecule has 5 nitrogen and oxygen atoms in total. The van der Waals surface area contributed by atoms with Crippen LogP contribution in [-0.4, -0.2) is 24.8 Å². The van der Waals surface area contributed by atoms with E-state index in [0.29, 0.717) is 18.2 Å². The standard InChI is InChI=1S/C8H11NO4/c1-3-12-8(10)5-6-4-7(11-2)9-13-6/h4H,3,5H2,1-2H3. The summed E-state index contributed by atoms with van der Waals surface area (Å²) in [4.78, 5) is 11.0. The normalized spacial score (nSPS) is 9.69. The van der Waals surface area contributed by atoms with Gasteiger partial charge in [-0.25, -0.2) is 0 Å². The minimum absolute atomic E-state index is 0.0875. The molecule has 0 bridgehead atoms. The molecule has 0 fully saturated rings. The molecule has 0 saturated carbocycles. The van der Waals surface area contributed by atoms with E-state index in [1.807, 2.05) is 0 Å². The smallest absolute Gasteiger partial charge is 0.313 e. The van der Waals surface area contributed by atoms with Crippen LogP contribution in [0.25, 0.3) is 0 Å². The molecule has 1 heterocycles. The number of methoxy groups -OCH3 is 1. The topological polar surface area (TPSA) is 61.6 Å². The third kappa shape index (κ3) is 2.77. The Bertz CT molecular complexity index is 281. The molecule has 1 aromatic heterocycles. The highest BCUT2D eigenvalue weighted by molar-refractivity contribution is 5.71. The molecule has 0 aliphatic heterocycles. The average molecular weight is 185 g/mol. The fourth-order valence-electron chi connectivity index (χ4n) is 0.828. The lowest BCUT2D eigenvalue weighted by atomic mass is 10.3. The van der Waals surface area contributed by atoms with E-state index in [0.717, 1.165) is 0 Å². The first-order valence-electron chi connectivity index (χ1n) is 3.91. The van der Waals surface area contributed by atoms with Gasteiger partial charge in [0.15, 0.2) is 5.76 Å². The predicted octanol–water partition coefficient (Wildman–Crippen LogP) is 0.789. The summed E-state index contributed by atoms with van der Waals surface area (Å²) in [6, 6.07) is 1.55. The van der Waals surface area contributed by atoms with Gasteiger partial charge in [-0.05, 0) is 12.1 Å². The van der Waals surface area contributed by atoms with Crippen LogP contribution >= 0.6 is 0 Å².